The van der Waals surface area contributed by atoms with Gasteiger partial charge in [0.1, 0.15) is 0 Å². The Morgan fingerprint density at radius 1 is 1.38 bits per heavy atom. The Balaban J connectivity index is -0.0000000183. The van der Waals surface area contributed by atoms with E-state index in [2.05, 4.69) is 6.92 Å². The first kappa shape index (κ1) is 23.4. The Labute approximate surface area is 63.8 Å². The Kier molecular flexibility index (Phi) is 74.4. The second kappa shape index (κ2) is 25.4. The summed E-state index contributed by atoms with van der Waals surface area (Å²) in [4.78, 5) is 14.2. The van der Waals surface area contributed by atoms with Crippen LogP contribution in [0.3, 0.4) is 0 Å². The first-order chi connectivity index (χ1) is 2.73. The fourth-order valence-electron chi connectivity index (χ4n) is 0. The fraction of sp³-hybridized carbons (Fsp3) is 0.333. The molecule has 46 valence electrons. The molecule has 0 saturated carbocycles. The minimum absolute atomic E-state index is 0. The average molecular weight is 190 g/mol. The molecule has 0 saturated heterocycles. The van der Waals surface area contributed by atoms with Crippen molar-refractivity contribution in [3.63, 3.8) is 0 Å². The Morgan fingerprint density at radius 3 is 1.38 bits per heavy atom. The van der Waals surface area contributed by atoms with E-state index in [1.807, 2.05) is 0 Å². The average Bonchev–Trinajstić information content (AvgIpc) is 1.41. The van der Waals surface area contributed by atoms with Crippen molar-refractivity contribution in [3.05, 3.63) is 14.4 Å². The molecule has 2 N–H and O–H groups in total. The van der Waals surface area contributed by atoms with Gasteiger partial charge < -0.3 is 14.4 Å². The molecule has 0 unspecified atom stereocenters. The molecule has 0 fully saturated rings. The van der Waals surface area contributed by atoms with Gasteiger partial charge in [-0.05, 0) is 0 Å². The smallest absolute Gasteiger partial charge is 0.358 e. The largest absolute Gasteiger partial charge is 2.00 e. The van der Waals surface area contributed by atoms with Gasteiger partial charge in [-0.1, -0.05) is 0 Å². The maximum atomic E-state index is 8.70. The molecule has 0 aliphatic carbocycles. The molecule has 0 aliphatic rings. The van der Waals surface area contributed by atoms with Crippen molar-refractivity contribution in [3.8, 4) is 0 Å². The van der Waals surface area contributed by atoms with Crippen molar-refractivity contribution in [2.24, 2.45) is 0 Å². The molecule has 0 aliphatic heterocycles. The molecular weight excluding hydrogens is 180 g/mol. The Hall–Kier alpha value is 0.643. The van der Waals surface area contributed by atoms with Gasteiger partial charge in [0.25, 0.3) is 0 Å². The van der Waals surface area contributed by atoms with Gasteiger partial charge in [-0.25, -0.2) is 0 Å². The summed E-state index contributed by atoms with van der Waals surface area (Å²) in [5, 5.41) is 0. The van der Waals surface area contributed by atoms with Gasteiger partial charge in [0.15, 0.2) is 0 Å². The van der Waals surface area contributed by atoms with Gasteiger partial charge in [0, 0.05) is 4.57 Å². The zero-order valence-electron chi connectivity index (χ0n) is 5.16. The van der Waals surface area contributed by atoms with Crippen molar-refractivity contribution in [2.75, 3.05) is 0 Å². The molecule has 0 atom stereocenters. The number of rotatable bonds is 0. The zero-order chi connectivity index (χ0) is 5.58. The summed E-state index contributed by atoms with van der Waals surface area (Å²) in [5.41, 5.74) is 0. The predicted octanol–water partition coefficient (Wildman–Crippen LogP) is 0.917. The van der Waals surface area contributed by atoms with Gasteiger partial charge in [-0.15, -0.1) is 9.79 Å². The maximum Gasteiger partial charge on any atom is 2.00 e. The van der Waals surface area contributed by atoms with E-state index in [0.717, 1.165) is 0 Å². The summed E-state index contributed by atoms with van der Waals surface area (Å²) in [7, 11) is -2.87. The monoisotopic (exact) mass is 189 g/mol. The van der Waals surface area contributed by atoms with Crippen LogP contribution in [0, 0.1) is 14.4 Å². The van der Waals surface area contributed by atoms with Crippen LogP contribution in [0.25, 0.3) is 0 Å². The van der Waals surface area contributed by atoms with Crippen molar-refractivity contribution in [1.82, 2.24) is 0 Å². The van der Waals surface area contributed by atoms with E-state index in [1.54, 1.807) is 6.92 Å². The molecule has 0 spiro atoms. The van der Waals surface area contributed by atoms with Crippen molar-refractivity contribution >= 4 is 8.25 Å². The van der Waals surface area contributed by atoms with E-state index < -0.39 is 8.25 Å². The molecule has 0 aromatic carbocycles. The van der Waals surface area contributed by atoms with Crippen LogP contribution in [-0.2, 0) is 24.0 Å². The normalized spacial score (nSPS) is 4.00. The van der Waals surface area contributed by atoms with Crippen LogP contribution in [0.4, 0.5) is 0 Å². The molecule has 0 rings (SSSR count). The predicted molar refractivity (Wildman–Crippen MR) is 29.5 cm³/mol. The molecule has 8 heavy (non-hydrogen) atoms. The van der Waals surface area contributed by atoms with Crippen LogP contribution in [0.5, 0.6) is 0 Å². The topological polar surface area (TPSA) is 57.5 Å². The Morgan fingerprint density at radius 2 is 1.38 bits per heavy atom. The van der Waals surface area contributed by atoms with Gasteiger partial charge >= 0.3 is 27.7 Å². The fourth-order valence-corrected chi connectivity index (χ4v) is 0. The van der Waals surface area contributed by atoms with E-state index in [4.69, 9.17) is 14.4 Å². The van der Waals surface area contributed by atoms with Crippen LogP contribution in [0.15, 0.2) is 0 Å². The van der Waals surface area contributed by atoms with E-state index in [1.165, 1.54) is 0 Å². The van der Waals surface area contributed by atoms with E-state index in [-0.39, 0.29) is 26.9 Å². The van der Waals surface area contributed by atoms with Gasteiger partial charge in [0.2, 0.25) is 0 Å². The van der Waals surface area contributed by atoms with E-state index >= 15 is 0 Å². The van der Waals surface area contributed by atoms with Crippen LogP contribution in [-0.4, -0.2) is 9.79 Å². The number of hydrogen-bond donors (Lipinski definition) is 2. The molecule has 0 aromatic rings. The van der Waals surface area contributed by atoms with E-state index in [9.17, 15) is 0 Å². The van der Waals surface area contributed by atoms with Crippen molar-refractivity contribution in [1.29, 1.82) is 0 Å². The zero-order valence-corrected chi connectivity index (χ0v) is 9.03. The van der Waals surface area contributed by atoms with E-state index in [0.29, 0.717) is 0 Å². The summed E-state index contributed by atoms with van der Waals surface area (Å²) < 4.78 is 8.70. The standard InChI is InChI=1S/C2H5.CH3.HO3P.Zn/c1-2;;1-4(2)3;/h1H2,2H3;1H3;(H-,1,2,3);/q2*-1;;+2/p+1. The molecule has 0 bridgehead atoms. The quantitative estimate of drug-likeness (QED) is 0.339. The van der Waals surface area contributed by atoms with Gasteiger partial charge in [-0.3, -0.25) is 0 Å². The third-order valence-corrected chi connectivity index (χ3v) is 0. The summed E-state index contributed by atoms with van der Waals surface area (Å²) in [5.74, 6) is 0. The first-order valence-electron chi connectivity index (χ1n) is 1.29. The van der Waals surface area contributed by atoms with Crippen LogP contribution in [0.1, 0.15) is 6.92 Å². The van der Waals surface area contributed by atoms with Gasteiger partial charge in [-0.2, -0.15) is 6.92 Å². The summed E-state index contributed by atoms with van der Waals surface area (Å²) >= 11 is 0. The molecule has 0 radical (unpaired) electrons. The third-order valence-electron chi connectivity index (χ3n) is 0. The maximum absolute atomic E-state index is 8.70. The number of hydrogen-bond acceptors (Lipinski definition) is 1. The van der Waals surface area contributed by atoms with Crippen molar-refractivity contribution in [2.45, 2.75) is 6.92 Å². The SMILES string of the molecule is O=[P+](O)O.[CH2-]C.[CH3-].[Zn+2]. The van der Waals surface area contributed by atoms with Crippen LogP contribution >= 0.6 is 8.25 Å². The van der Waals surface area contributed by atoms with Crippen LogP contribution < -0.4 is 0 Å². The van der Waals surface area contributed by atoms with Crippen LogP contribution in [0.2, 0.25) is 0 Å². The third kappa shape index (κ3) is 511. The summed E-state index contributed by atoms with van der Waals surface area (Å²) in [6.07, 6.45) is 0. The molecule has 0 amide bonds. The summed E-state index contributed by atoms with van der Waals surface area (Å²) in [6.45, 7) is 5.00. The molecule has 0 heterocycles. The molecular formula is C3H10O3PZn+. The molecule has 3 nitrogen and oxygen atoms in total. The minimum atomic E-state index is -2.87. The van der Waals surface area contributed by atoms with Gasteiger partial charge in [0.05, 0.1) is 0 Å². The minimum Gasteiger partial charge on any atom is -0.358 e. The summed E-state index contributed by atoms with van der Waals surface area (Å²) in [6, 6.07) is 0. The first-order valence-corrected chi connectivity index (χ1v) is 2.45. The Bertz CT molecular complexity index is 37.5. The second-order valence-electron chi connectivity index (χ2n) is 0.253. The van der Waals surface area contributed by atoms with Crippen molar-refractivity contribution < 1.29 is 33.8 Å². The molecule has 0 aromatic heterocycles. The molecule has 5 heteroatoms. The second-order valence-corrected chi connectivity index (χ2v) is 0.758.